The second-order valence-corrected chi connectivity index (χ2v) is 17.1. The molecular formula is C65H44N2O. The fraction of sp³-hybridized carbons (Fsp3) is 0.0154. The van der Waals surface area contributed by atoms with Crippen LogP contribution in [0.15, 0.2) is 271 Å². The highest BCUT2D eigenvalue weighted by molar-refractivity contribution is 6.10. The number of nitrogens with zero attached hydrogens (tertiary/aromatic N) is 2. The molecule has 0 bridgehead atoms. The van der Waals surface area contributed by atoms with Crippen LogP contribution in [-0.4, -0.2) is 0 Å². The molecule has 12 aromatic rings. The lowest BCUT2D eigenvalue weighted by atomic mass is 9.65. The summed E-state index contributed by atoms with van der Waals surface area (Å²) in [4.78, 5) is 4.43. The van der Waals surface area contributed by atoms with Gasteiger partial charge in [-0.05, 0) is 140 Å². The number of furan rings is 1. The van der Waals surface area contributed by atoms with E-state index in [1.807, 2.05) is 115 Å². The summed E-state index contributed by atoms with van der Waals surface area (Å²) in [5.74, 6) is 0. The third kappa shape index (κ3) is 6.28. The van der Waals surface area contributed by atoms with Gasteiger partial charge in [0.05, 0.1) is 15.0 Å². The lowest BCUT2D eigenvalue weighted by Crippen LogP contribution is -2.29. The van der Waals surface area contributed by atoms with Crippen LogP contribution >= 0.6 is 0 Å². The quantitative estimate of drug-likeness (QED) is 0.144. The molecule has 1 atom stereocenters. The van der Waals surface area contributed by atoms with Gasteiger partial charge in [-0.25, -0.2) is 0 Å². The second kappa shape index (κ2) is 16.2. The number of para-hydroxylation sites is 4. The third-order valence-corrected chi connectivity index (χ3v) is 13.4. The fourth-order valence-corrected chi connectivity index (χ4v) is 10.5. The first-order valence-electron chi connectivity index (χ1n) is 26.3. The topological polar surface area (TPSA) is 19.6 Å². The number of anilines is 6. The molecule has 0 amide bonds. The van der Waals surface area contributed by atoms with E-state index in [0.717, 1.165) is 78.3 Å². The van der Waals surface area contributed by atoms with Crippen molar-refractivity contribution in [3.8, 4) is 22.3 Å². The average molecular weight is 876 g/mol. The number of fused-ring (bicyclic) bond motifs is 7. The van der Waals surface area contributed by atoms with Crippen LogP contribution in [0.3, 0.4) is 0 Å². The van der Waals surface area contributed by atoms with Gasteiger partial charge in [-0.1, -0.05) is 182 Å². The lowest BCUT2D eigenvalue weighted by molar-refractivity contribution is 0.667. The van der Waals surface area contributed by atoms with Gasteiger partial charge in [0.1, 0.15) is 11.2 Å². The van der Waals surface area contributed by atoms with Gasteiger partial charge in [-0.2, -0.15) is 0 Å². The molecule has 0 fully saturated rings. The summed E-state index contributed by atoms with van der Waals surface area (Å²) in [5.41, 5.74) is 11.3. The van der Waals surface area contributed by atoms with E-state index in [1.54, 1.807) is 0 Å². The Labute approximate surface area is 405 Å². The van der Waals surface area contributed by atoms with Gasteiger partial charge in [-0.3, -0.25) is 0 Å². The van der Waals surface area contributed by atoms with Crippen molar-refractivity contribution in [1.82, 2.24) is 0 Å². The van der Waals surface area contributed by atoms with Crippen molar-refractivity contribution in [3.05, 3.63) is 289 Å². The van der Waals surface area contributed by atoms with Crippen LogP contribution in [0, 0.1) is 0 Å². The summed E-state index contributed by atoms with van der Waals surface area (Å²) in [6, 6.07) is 72.7. The van der Waals surface area contributed by atoms with Gasteiger partial charge in [0, 0.05) is 44.9 Å². The Morgan fingerprint density at radius 2 is 0.824 bits per heavy atom. The van der Waals surface area contributed by atoms with Crippen molar-refractivity contribution in [2.24, 2.45) is 0 Å². The molecule has 0 saturated heterocycles. The van der Waals surface area contributed by atoms with Crippen molar-refractivity contribution < 1.29 is 14.0 Å². The highest BCUT2D eigenvalue weighted by atomic mass is 16.3. The highest BCUT2D eigenvalue weighted by Crippen LogP contribution is 2.61. The van der Waals surface area contributed by atoms with Crippen molar-refractivity contribution in [2.75, 3.05) is 9.80 Å². The van der Waals surface area contributed by atoms with Crippen LogP contribution < -0.4 is 9.80 Å². The van der Waals surface area contributed by atoms with Gasteiger partial charge in [0.25, 0.3) is 0 Å². The second-order valence-electron chi connectivity index (χ2n) is 17.1. The number of benzene rings is 11. The molecule has 1 aromatic heterocycles. The average Bonchev–Trinajstić information content (AvgIpc) is 4.14. The van der Waals surface area contributed by atoms with Gasteiger partial charge < -0.3 is 14.2 Å². The predicted octanol–water partition coefficient (Wildman–Crippen LogP) is 17.7. The molecule has 68 heavy (non-hydrogen) atoms. The predicted molar refractivity (Wildman–Crippen MR) is 283 cm³/mol. The molecule has 13 rings (SSSR count). The monoisotopic (exact) mass is 875 g/mol. The van der Waals surface area contributed by atoms with E-state index in [9.17, 15) is 6.85 Å². The minimum Gasteiger partial charge on any atom is -0.456 e. The fourth-order valence-electron chi connectivity index (χ4n) is 10.5. The minimum absolute atomic E-state index is 0.0170. The lowest BCUT2D eigenvalue weighted by Gasteiger charge is -2.36. The van der Waals surface area contributed by atoms with Crippen molar-refractivity contribution in [3.63, 3.8) is 0 Å². The minimum atomic E-state index is -1.55. The van der Waals surface area contributed by atoms with E-state index in [-0.39, 0.29) is 28.4 Å². The Kier molecular flexibility index (Phi) is 7.79. The summed E-state index contributed by atoms with van der Waals surface area (Å²) < 4.78 is 72.8. The Morgan fingerprint density at radius 1 is 0.338 bits per heavy atom. The molecule has 1 unspecified atom stereocenters. The largest absolute Gasteiger partial charge is 0.456 e. The molecule has 1 aliphatic rings. The molecule has 0 saturated carbocycles. The molecule has 11 aromatic carbocycles. The number of hydrogen-bond donors (Lipinski definition) is 0. The first-order chi connectivity index (χ1) is 36.6. The molecule has 0 radical (unpaired) electrons. The zero-order valence-corrected chi connectivity index (χ0v) is 36.7. The SMILES string of the molecule is [2H]c1c([2H])c([2H])c2c(C3(c4cccc5oc6ccccc6c45)c4ccc(N(c5ccccc5)c5ccccc5)cc4-c4cc(N(c5ccccc5)c5ccc(-c6ccccc6)cc5)ccc43)c([2H])c([2H])c([2H])c2c1[2H]. The third-order valence-electron chi connectivity index (χ3n) is 13.4. The van der Waals surface area contributed by atoms with E-state index in [4.69, 9.17) is 7.16 Å². The summed E-state index contributed by atoms with van der Waals surface area (Å²) in [7, 11) is 0. The van der Waals surface area contributed by atoms with Crippen LogP contribution in [0.25, 0.3) is 55.0 Å². The molecule has 0 N–H and O–H groups in total. The number of hydrogen-bond acceptors (Lipinski definition) is 3. The van der Waals surface area contributed by atoms with Crippen molar-refractivity contribution in [2.45, 2.75) is 5.41 Å². The molecular weight excluding hydrogens is 825 g/mol. The summed E-state index contributed by atoms with van der Waals surface area (Å²) in [5, 5.41) is 1.48. The zero-order valence-electron chi connectivity index (χ0n) is 43.7. The smallest absolute Gasteiger partial charge is 0.135 e. The van der Waals surface area contributed by atoms with E-state index in [2.05, 4.69) is 119 Å². The summed E-state index contributed by atoms with van der Waals surface area (Å²) in [6.45, 7) is 0. The van der Waals surface area contributed by atoms with Gasteiger partial charge in [0.15, 0.2) is 0 Å². The van der Waals surface area contributed by atoms with Crippen molar-refractivity contribution >= 4 is 66.8 Å². The Balaban J connectivity index is 1.19. The maximum Gasteiger partial charge on any atom is 0.135 e. The molecule has 1 heterocycles. The molecule has 1 aliphatic carbocycles. The molecule has 3 nitrogen and oxygen atoms in total. The maximum absolute atomic E-state index is 10.2. The van der Waals surface area contributed by atoms with E-state index < -0.39 is 35.6 Å². The maximum atomic E-state index is 10.2. The van der Waals surface area contributed by atoms with E-state index >= 15 is 0 Å². The molecule has 0 spiro atoms. The number of rotatable bonds is 9. The first kappa shape index (κ1) is 32.7. The van der Waals surface area contributed by atoms with Crippen LogP contribution in [0.5, 0.6) is 0 Å². The zero-order chi connectivity index (χ0) is 51.1. The molecule has 3 heteroatoms. The van der Waals surface area contributed by atoms with Crippen LogP contribution in [0.2, 0.25) is 0 Å². The van der Waals surface area contributed by atoms with E-state index in [1.165, 1.54) is 0 Å². The Morgan fingerprint density at radius 3 is 1.44 bits per heavy atom. The normalized spacial score (nSPS) is 15.4. The standard InChI is InChI=1S/C65H44N2O/c1-5-19-45(20-6-1)46-35-37-51(38-36-46)67(50-27-11-4-12-28-50)53-40-42-60-57(44-53)56-43-52(66(48-23-7-2-8-24-48)49-25-9-3-10-26-49)39-41-59(56)65(60,58-31-17-22-47-21-13-14-29-54(47)58)61-32-18-34-63-64(61)55-30-15-16-33-62(55)68-63/h1-44H/i13D,14D,17D,21D,22D,29D,31D. The first-order valence-corrected chi connectivity index (χ1v) is 22.8. The summed E-state index contributed by atoms with van der Waals surface area (Å²) >= 11 is 0. The van der Waals surface area contributed by atoms with Gasteiger partial charge in [-0.15, -0.1) is 0 Å². The van der Waals surface area contributed by atoms with Crippen LogP contribution in [-0.2, 0) is 5.41 Å². The van der Waals surface area contributed by atoms with Crippen LogP contribution in [0.1, 0.15) is 31.8 Å². The van der Waals surface area contributed by atoms with E-state index in [0.29, 0.717) is 16.7 Å². The van der Waals surface area contributed by atoms with Crippen LogP contribution in [0.4, 0.5) is 34.1 Å². The van der Waals surface area contributed by atoms with Crippen molar-refractivity contribution in [1.29, 1.82) is 0 Å². The van der Waals surface area contributed by atoms with Gasteiger partial charge in [0.2, 0.25) is 0 Å². The Hall–Kier alpha value is -8.92. The molecule has 320 valence electrons. The highest BCUT2D eigenvalue weighted by Gasteiger charge is 2.48. The molecule has 0 aliphatic heterocycles. The van der Waals surface area contributed by atoms with Gasteiger partial charge >= 0.3 is 0 Å². The summed E-state index contributed by atoms with van der Waals surface area (Å²) in [6.07, 6.45) is 0. The Bertz CT molecular complexity index is 4160.